The summed E-state index contributed by atoms with van der Waals surface area (Å²) in [7, 11) is 0. The third-order valence-electron chi connectivity index (χ3n) is 4.06. The summed E-state index contributed by atoms with van der Waals surface area (Å²) in [6.07, 6.45) is 0. The van der Waals surface area contributed by atoms with Gasteiger partial charge in [0.25, 0.3) is 0 Å². The van der Waals surface area contributed by atoms with Gasteiger partial charge in [-0.25, -0.2) is 9.97 Å². The van der Waals surface area contributed by atoms with Gasteiger partial charge in [0.1, 0.15) is 23.0 Å². The van der Waals surface area contributed by atoms with Crippen LogP contribution in [0.15, 0.2) is 60.7 Å². The van der Waals surface area contributed by atoms with E-state index >= 15 is 0 Å². The molecular weight excluding hydrogens is 332 g/mol. The van der Waals surface area contributed by atoms with Gasteiger partial charge in [0, 0.05) is 23.1 Å². The van der Waals surface area contributed by atoms with Crippen LogP contribution >= 0.6 is 0 Å². The summed E-state index contributed by atoms with van der Waals surface area (Å²) in [5, 5.41) is 40.2. The van der Waals surface area contributed by atoms with E-state index in [2.05, 4.69) is 9.97 Å². The number of hydrogen-bond acceptors (Lipinski definition) is 6. The van der Waals surface area contributed by atoms with Gasteiger partial charge >= 0.3 is 0 Å². The third-order valence-corrected chi connectivity index (χ3v) is 4.06. The van der Waals surface area contributed by atoms with E-state index in [1.807, 2.05) is 18.2 Å². The van der Waals surface area contributed by atoms with Crippen LogP contribution in [0.1, 0.15) is 0 Å². The maximum absolute atomic E-state index is 10.3. The van der Waals surface area contributed by atoms with Crippen LogP contribution in [0.5, 0.6) is 23.0 Å². The first-order valence-electron chi connectivity index (χ1n) is 7.84. The van der Waals surface area contributed by atoms with E-state index in [1.165, 1.54) is 30.3 Å². The Bertz CT molecular complexity index is 1140. The van der Waals surface area contributed by atoms with Crippen LogP contribution in [0.2, 0.25) is 0 Å². The summed E-state index contributed by atoms with van der Waals surface area (Å²) in [6, 6.07) is 15.7. The highest BCUT2D eigenvalue weighted by atomic mass is 16.3. The lowest BCUT2D eigenvalue weighted by atomic mass is 10.0. The van der Waals surface area contributed by atoms with Gasteiger partial charge in [-0.1, -0.05) is 18.2 Å². The molecule has 6 nitrogen and oxygen atoms in total. The first-order chi connectivity index (χ1) is 12.5. The van der Waals surface area contributed by atoms with Crippen molar-refractivity contribution in [2.24, 2.45) is 0 Å². The number of benzene rings is 3. The van der Waals surface area contributed by atoms with E-state index in [0.717, 1.165) is 5.39 Å². The van der Waals surface area contributed by atoms with Crippen LogP contribution in [0.25, 0.3) is 33.5 Å². The molecule has 6 heteroatoms. The first-order valence-corrected chi connectivity index (χ1v) is 7.84. The van der Waals surface area contributed by atoms with Gasteiger partial charge < -0.3 is 20.4 Å². The molecule has 1 aromatic heterocycles. The Labute approximate surface area is 148 Å². The molecule has 0 saturated carbocycles. The Morgan fingerprint density at radius 1 is 0.615 bits per heavy atom. The van der Waals surface area contributed by atoms with E-state index < -0.39 is 0 Å². The number of aromatic hydroxyl groups is 4. The number of fused-ring (bicyclic) bond motifs is 1. The molecule has 0 aliphatic carbocycles. The number of para-hydroxylation sites is 1. The van der Waals surface area contributed by atoms with Gasteiger partial charge in [-0.05, 0) is 30.3 Å². The van der Waals surface area contributed by atoms with Crippen molar-refractivity contribution in [1.29, 1.82) is 0 Å². The number of phenolic OH excluding ortho intramolecular Hbond substituents is 4. The van der Waals surface area contributed by atoms with Crippen molar-refractivity contribution in [3.05, 3.63) is 60.7 Å². The lowest BCUT2D eigenvalue weighted by molar-refractivity contribution is 0.451. The maximum Gasteiger partial charge on any atom is 0.164 e. The Kier molecular flexibility index (Phi) is 3.58. The van der Waals surface area contributed by atoms with Crippen LogP contribution < -0.4 is 0 Å². The molecule has 128 valence electrons. The number of phenols is 4. The van der Waals surface area contributed by atoms with Crippen molar-refractivity contribution in [1.82, 2.24) is 9.97 Å². The van der Waals surface area contributed by atoms with E-state index in [1.54, 1.807) is 12.1 Å². The van der Waals surface area contributed by atoms with E-state index in [9.17, 15) is 20.4 Å². The summed E-state index contributed by atoms with van der Waals surface area (Å²) < 4.78 is 0. The molecule has 0 aliphatic rings. The fraction of sp³-hybridized carbons (Fsp3) is 0. The highest BCUT2D eigenvalue weighted by Crippen LogP contribution is 2.37. The van der Waals surface area contributed by atoms with Crippen molar-refractivity contribution in [2.75, 3.05) is 0 Å². The minimum Gasteiger partial charge on any atom is -0.508 e. The third kappa shape index (κ3) is 2.63. The van der Waals surface area contributed by atoms with Gasteiger partial charge in [0.2, 0.25) is 0 Å². The standard InChI is InChI=1S/C20H14N2O4/c23-11-5-7-14(17(25)9-11)19-13-3-1-2-4-16(13)21-20(22-19)15-8-6-12(24)10-18(15)26/h1-10,23-26H. The zero-order valence-corrected chi connectivity index (χ0v) is 13.5. The van der Waals surface area contributed by atoms with Crippen LogP contribution in [0.4, 0.5) is 0 Å². The molecule has 0 radical (unpaired) electrons. The molecule has 0 atom stereocenters. The Hall–Kier alpha value is -3.80. The molecule has 0 unspecified atom stereocenters. The second-order valence-electron chi connectivity index (χ2n) is 5.82. The van der Waals surface area contributed by atoms with Crippen molar-refractivity contribution in [3.8, 4) is 45.6 Å². The normalized spacial score (nSPS) is 10.9. The van der Waals surface area contributed by atoms with Crippen LogP contribution in [-0.2, 0) is 0 Å². The summed E-state index contributed by atoms with van der Waals surface area (Å²) in [5.41, 5.74) is 1.89. The molecule has 0 saturated heterocycles. The molecule has 0 fully saturated rings. The second-order valence-corrected chi connectivity index (χ2v) is 5.82. The zero-order chi connectivity index (χ0) is 18.3. The molecule has 0 bridgehead atoms. The monoisotopic (exact) mass is 346 g/mol. The van der Waals surface area contributed by atoms with Crippen LogP contribution in [0.3, 0.4) is 0 Å². The molecular formula is C20H14N2O4. The number of aromatic nitrogens is 2. The van der Waals surface area contributed by atoms with Gasteiger partial charge in [-0.3, -0.25) is 0 Å². The SMILES string of the molecule is Oc1ccc(-c2nc(-c3ccc(O)cc3O)c3ccccc3n2)c(O)c1. The second kappa shape index (κ2) is 5.93. The Balaban J connectivity index is 2.03. The van der Waals surface area contributed by atoms with Gasteiger partial charge in [0.15, 0.2) is 5.82 Å². The lowest BCUT2D eigenvalue weighted by Crippen LogP contribution is -1.95. The molecule has 4 aromatic rings. The Morgan fingerprint density at radius 3 is 1.88 bits per heavy atom. The molecule has 0 aliphatic heterocycles. The van der Waals surface area contributed by atoms with Gasteiger partial charge in [-0.2, -0.15) is 0 Å². The maximum atomic E-state index is 10.3. The molecule has 4 N–H and O–H groups in total. The van der Waals surface area contributed by atoms with Crippen molar-refractivity contribution in [3.63, 3.8) is 0 Å². The topological polar surface area (TPSA) is 107 Å². The van der Waals surface area contributed by atoms with Crippen LogP contribution in [-0.4, -0.2) is 30.4 Å². The lowest BCUT2D eigenvalue weighted by Gasteiger charge is -2.11. The fourth-order valence-corrected chi connectivity index (χ4v) is 2.83. The fourth-order valence-electron chi connectivity index (χ4n) is 2.83. The molecule has 0 spiro atoms. The molecule has 26 heavy (non-hydrogen) atoms. The predicted octanol–water partition coefficient (Wildman–Crippen LogP) is 3.79. The minimum atomic E-state index is -0.152. The van der Waals surface area contributed by atoms with Crippen molar-refractivity contribution in [2.45, 2.75) is 0 Å². The average Bonchev–Trinajstić information content (AvgIpc) is 2.61. The molecule has 0 amide bonds. The highest BCUT2D eigenvalue weighted by molar-refractivity contribution is 5.95. The largest absolute Gasteiger partial charge is 0.508 e. The molecule has 4 rings (SSSR count). The average molecular weight is 346 g/mol. The predicted molar refractivity (Wildman–Crippen MR) is 97.1 cm³/mol. The minimum absolute atomic E-state index is 0.0546. The summed E-state index contributed by atoms with van der Waals surface area (Å²) in [6.45, 7) is 0. The van der Waals surface area contributed by atoms with E-state index in [0.29, 0.717) is 22.3 Å². The quantitative estimate of drug-likeness (QED) is 0.440. The summed E-state index contributed by atoms with van der Waals surface area (Å²) in [4.78, 5) is 9.01. The molecule has 1 heterocycles. The first kappa shape index (κ1) is 15.7. The Morgan fingerprint density at radius 2 is 1.23 bits per heavy atom. The van der Waals surface area contributed by atoms with Crippen LogP contribution in [0, 0.1) is 0 Å². The summed E-state index contributed by atoms with van der Waals surface area (Å²) in [5.74, 6) is -0.135. The molecule has 3 aromatic carbocycles. The number of hydrogen-bond donors (Lipinski definition) is 4. The zero-order valence-electron chi connectivity index (χ0n) is 13.5. The highest BCUT2D eigenvalue weighted by Gasteiger charge is 2.16. The van der Waals surface area contributed by atoms with Gasteiger partial charge in [-0.15, -0.1) is 0 Å². The smallest absolute Gasteiger partial charge is 0.164 e. The van der Waals surface area contributed by atoms with E-state index in [4.69, 9.17) is 0 Å². The van der Waals surface area contributed by atoms with Crippen molar-refractivity contribution < 1.29 is 20.4 Å². The number of rotatable bonds is 2. The van der Waals surface area contributed by atoms with Gasteiger partial charge in [0.05, 0.1) is 16.8 Å². The van der Waals surface area contributed by atoms with Crippen molar-refractivity contribution >= 4 is 10.9 Å². The summed E-state index contributed by atoms with van der Waals surface area (Å²) >= 11 is 0. The number of nitrogens with zero attached hydrogens (tertiary/aromatic N) is 2. The van der Waals surface area contributed by atoms with E-state index in [-0.39, 0.29) is 28.8 Å².